The average molecular weight is 413 g/mol. The van der Waals surface area contributed by atoms with Crippen LogP contribution in [0.15, 0.2) is 79.3 Å². The highest BCUT2D eigenvalue weighted by molar-refractivity contribution is 5.68. The lowest BCUT2D eigenvalue weighted by Gasteiger charge is -2.16. The Morgan fingerprint density at radius 2 is 1.81 bits per heavy atom. The van der Waals surface area contributed by atoms with E-state index < -0.39 is 0 Å². The van der Waals surface area contributed by atoms with Gasteiger partial charge in [-0.3, -0.25) is 4.98 Å². The summed E-state index contributed by atoms with van der Waals surface area (Å²) in [6.07, 6.45) is 6.38. The number of aromatic nitrogens is 3. The van der Waals surface area contributed by atoms with E-state index in [0.29, 0.717) is 12.4 Å². The molecule has 156 valence electrons. The van der Waals surface area contributed by atoms with Crippen molar-refractivity contribution in [2.45, 2.75) is 12.5 Å². The lowest BCUT2D eigenvalue weighted by Crippen LogP contribution is -2.16. The van der Waals surface area contributed by atoms with Crippen LogP contribution < -0.4 is 9.47 Å². The van der Waals surface area contributed by atoms with Gasteiger partial charge in [-0.2, -0.15) is 5.10 Å². The van der Waals surface area contributed by atoms with Crippen molar-refractivity contribution in [3.63, 3.8) is 0 Å². The molecule has 2 aromatic heterocycles. The third-order valence-electron chi connectivity index (χ3n) is 5.39. The molecule has 6 nitrogen and oxygen atoms in total. The fraction of sp³-hybridized carbons (Fsp3) is 0.200. The monoisotopic (exact) mass is 413 g/mol. The molecule has 6 heteroatoms. The van der Waals surface area contributed by atoms with Crippen molar-refractivity contribution in [1.29, 1.82) is 0 Å². The van der Waals surface area contributed by atoms with E-state index >= 15 is 0 Å². The first kappa shape index (κ1) is 19.3. The maximum atomic E-state index is 6.16. The molecule has 0 aliphatic carbocycles. The van der Waals surface area contributed by atoms with Crippen molar-refractivity contribution in [2.24, 2.45) is 0 Å². The van der Waals surface area contributed by atoms with Gasteiger partial charge in [-0.15, -0.1) is 0 Å². The predicted molar refractivity (Wildman–Crippen MR) is 119 cm³/mol. The van der Waals surface area contributed by atoms with Gasteiger partial charge in [0.25, 0.3) is 0 Å². The van der Waals surface area contributed by atoms with E-state index in [1.54, 1.807) is 19.5 Å². The predicted octanol–water partition coefficient (Wildman–Crippen LogP) is 4.78. The molecular weight excluding hydrogens is 390 g/mol. The Labute approximate surface area is 181 Å². The summed E-state index contributed by atoms with van der Waals surface area (Å²) in [4.78, 5) is 4.20. The Bertz CT molecular complexity index is 1150. The number of hydrogen-bond acceptors (Lipinski definition) is 5. The maximum absolute atomic E-state index is 6.16. The zero-order valence-corrected chi connectivity index (χ0v) is 17.3. The van der Waals surface area contributed by atoms with Gasteiger partial charge in [0, 0.05) is 24.4 Å². The first-order valence-electron chi connectivity index (χ1n) is 10.3. The fourth-order valence-corrected chi connectivity index (χ4v) is 3.77. The summed E-state index contributed by atoms with van der Waals surface area (Å²) >= 11 is 0. The maximum Gasteiger partial charge on any atom is 0.162 e. The summed E-state index contributed by atoms with van der Waals surface area (Å²) in [6.45, 7) is 1.34. The summed E-state index contributed by atoms with van der Waals surface area (Å²) in [5.41, 5.74) is 5.16. The molecule has 2 aromatic carbocycles. The third-order valence-corrected chi connectivity index (χ3v) is 5.39. The summed E-state index contributed by atoms with van der Waals surface area (Å²) in [5.74, 6) is 1.43. The highest BCUT2D eigenvalue weighted by atomic mass is 16.6. The van der Waals surface area contributed by atoms with Gasteiger partial charge in [0.2, 0.25) is 0 Å². The molecule has 0 saturated carbocycles. The van der Waals surface area contributed by atoms with E-state index in [0.717, 1.165) is 46.8 Å². The number of ether oxygens (including phenoxy) is 3. The molecule has 31 heavy (non-hydrogen) atoms. The van der Waals surface area contributed by atoms with Crippen LogP contribution in [0.2, 0.25) is 0 Å². The van der Waals surface area contributed by atoms with E-state index in [-0.39, 0.29) is 6.10 Å². The van der Waals surface area contributed by atoms with Crippen molar-refractivity contribution in [1.82, 2.24) is 14.8 Å². The molecule has 0 spiro atoms. The second-order valence-electron chi connectivity index (χ2n) is 7.39. The lowest BCUT2D eigenvalue weighted by molar-refractivity contribution is 0.138. The zero-order valence-electron chi connectivity index (χ0n) is 17.3. The minimum atomic E-state index is 0.0501. The van der Waals surface area contributed by atoms with Gasteiger partial charge < -0.3 is 14.2 Å². The van der Waals surface area contributed by atoms with Gasteiger partial charge in [-0.25, -0.2) is 4.68 Å². The van der Waals surface area contributed by atoms with Gasteiger partial charge in [-0.1, -0.05) is 18.2 Å². The van der Waals surface area contributed by atoms with E-state index in [2.05, 4.69) is 40.4 Å². The van der Waals surface area contributed by atoms with Gasteiger partial charge in [0.05, 0.1) is 37.9 Å². The van der Waals surface area contributed by atoms with Crippen molar-refractivity contribution >= 4 is 0 Å². The first-order valence-corrected chi connectivity index (χ1v) is 10.3. The normalized spacial score (nSPS) is 15.7. The van der Waals surface area contributed by atoms with E-state index in [1.165, 1.54) is 0 Å². The number of benzene rings is 2. The topological polar surface area (TPSA) is 58.4 Å². The van der Waals surface area contributed by atoms with Gasteiger partial charge >= 0.3 is 0 Å². The van der Waals surface area contributed by atoms with Crippen LogP contribution in [0, 0.1) is 0 Å². The number of pyridine rings is 1. The number of methoxy groups -OCH3 is 1. The van der Waals surface area contributed by atoms with Crippen molar-refractivity contribution in [2.75, 3.05) is 20.3 Å². The van der Waals surface area contributed by atoms with Crippen LogP contribution in [-0.4, -0.2) is 41.2 Å². The minimum absolute atomic E-state index is 0.0501. The average Bonchev–Trinajstić information content (AvgIpc) is 3.52. The Morgan fingerprint density at radius 3 is 2.55 bits per heavy atom. The van der Waals surface area contributed by atoms with Crippen LogP contribution in [0.3, 0.4) is 0 Å². The minimum Gasteiger partial charge on any atom is -0.493 e. The lowest BCUT2D eigenvalue weighted by atomic mass is 10.1. The van der Waals surface area contributed by atoms with Gasteiger partial charge in [-0.05, 0) is 53.6 Å². The molecule has 4 aromatic rings. The molecule has 0 radical (unpaired) electrons. The quantitative estimate of drug-likeness (QED) is 0.455. The highest BCUT2D eigenvalue weighted by Gasteiger charge is 2.20. The molecule has 5 rings (SSSR count). The van der Waals surface area contributed by atoms with Crippen LogP contribution in [0.4, 0.5) is 0 Å². The number of rotatable bonds is 6. The van der Waals surface area contributed by atoms with Gasteiger partial charge in [0.1, 0.15) is 6.10 Å². The second-order valence-corrected chi connectivity index (χ2v) is 7.39. The van der Waals surface area contributed by atoms with Crippen molar-refractivity contribution in [3.8, 4) is 39.6 Å². The van der Waals surface area contributed by atoms with Crippen LogP contribution in [-0.2, 0) is 4.74 Å². The summed E-state index contributed by atoms with van der Waals surface area (Å²) < 4.78 is 19.0. The molecule has 0 N–H and O–H groups in total. The molecule has 1 unspecified atom stereocenters. The molecular formula is C25H23N3O3. The summed E-state index contributed by atoms with van der Waals surface area (Å²) in [5, 5.41) is 4.55. The van der Waals surface area contributed by atoms with E-state index in [9.17, 15) is 0 Å². The fourth-order valence-electron chi connectivity index (χ4n) is 3.77. The molecule has 1 aliphatic rings. The Hall–Kier alpha value is -3.64. The van der Waals surface area contributed by atoms with E-state index in [4.69, 9.17) is 14.2 Å². The molecule has 1 atom stereocenters. The van der Waals surface area contributed by atoms with Gasteiger partial charge in [0.15, 0.2) is 11.5 Å². The molecule has 1 aliphatic heterocycles. The first-order chi connectivity index (χ1) is 15.3. The largest absolute Gasteiger partial charge is 0.493 e. The Kier molecular flexibility index (Phi) is 5.37. The molecule has 1 fully saturated rings. The molecule has 0 bridgehead atoms. The zero-order chi connectivity index (χ0) is 21.0. The van der Waals surface area contributed by atoms with E-state index in [1.807, 2.05) is 41.2 Å². The summed E-state index contributed by atoms with van der Waals surface area (Å²) in [6, 6.07) is 20.3. The standard InChI is InChI=1S/C25H23N3O3/c1-29-24-9-6-19(15-25(24)31-22-11-14-30-17-22)23-10-13-27-28(23)21-7-4-18(5-8-21)20-3-2-12-26-16-20/h2-10,12-13,15-16,22H,11,14,17H2,1H3. The van der Waals surface area contributed by atoms with Crippen LogP contribution in [0.5, 0.6) is 11.5 Å². The number of nitrogens with zero attached hydrogens (tertiary/aromatic N) is 3. The third kappa shape index (κ3) is 4.02. The number of hydrogen-bond donors (Lipinski definition) is 0. The molecule has 3 heterocycles. The van der Waals surface area contributed by atoms with Crippen LogP contribution in [0.1, 0.15) is 6.42 Å². The molecule has 1 saturated heterocycles. The van der Waals surface area contributed by atoms with Crippen LogP contribution in [0.25, 0.3) is 28.1 Å². The van der Waals surface area contributed by atoms with Crippen molar-refractivity contribution < 1.29 is 14.2 Å². The smallest absolute Gasteiger partial charge is 0.162 e. The Balaban J connectivity index is 1.46. The SMILES string of the molecule is COc1ccc(-c2ccnn2-c2ccc(-c3cccnc3)cc2)cc1OC1CCOC1. The summed E-state index contributed by atoms with van der Waals surface area (Å²) in [7, 11) is 1.65. The van der Waals surface area contributed by atoms with Crippen molar-refractivity contribution in [3.05, 3.63) is 79.3 Å². The molecule has 0 amide bonds. The second kappa shape index (κ2) is 8.62. The Morgan fingerprint density at radius 1 is 0.935 bits per heavy atom. The van der Waals surface area contributed by atoms with Crippen LogP contribution >= 0.6 is 0 Å². The highest BCUT2D eigenvalue weighted by Crippen LogP contribution is 2.35.